The molecule has 3 rings (SSSR count). The second-order valence-corrected chi connectivity index (χ2v) is 9.27. The van der Waals surface area contributed by atoms with E-state index in [-0.39, 0.29) is 12.1 Å². The number of carbonyl (C=O) groups is 1. The van der Waals surface area contributed by atoms with Crippen LogP contribution in [0.15, 0.2) is 29.0 Å². The van der Waals surface area contributed by atoms with Gasteiger partial charge in [0, 0.05) is 19.0 Å². The van der Waals surface area contributed by atoms with Crippen LogP contribution in [0.25, 0.3) is 0 Å². The predicted octanol–water partition coefficient (Wildman–Crippen LogP) is 4.01. The number of allylic oxidation sites excluding steroid dienone is 1. The minimum absolute atomic E-state index is 0.203. The van der Waals surface area contributed by atoms with Gasteiger partial charge in [-0.3, -0.25) is 4.99 Å². The van der Waals surface area contributed by atoms with Crippen molar-refractivity contribution in [2.75, 3.05) is 19.7 Å². The molecule has 0 aromatic rings. The number of amides is 1. The quantitative estimate of drug-likeness (QED) is 0.759. The summed E-state index contributed by atoms with van der Waals surface area (Å²) in [5.74, 6) is 1.24. The fraction of sp³-hybridized carbons (Fsp3) is 0.684. The standard InChI is InChI=1S/C19H28N2O3S/c1-13-20-16-10-15(7-8-17(16)25-13)23-12-14-6-5-9-21(11-14)18(22)24-19(2,3)4/h7-8,10,14,16-17H,5-6,9,11-12H2,1-4H3/t14-,16+,17-/m0/s1. The van der Waals surface area contributed by atoms with E-state index in [1.54, 1.807) is 0 Å². The third-order valence-electron chi connectivity index (χ3n) is 4.42. The summed E-state index contributed by atoms with van der Waals surface area (Å²) >= 11 is 1.81. The highest BCUT2D eigenvalue weighted by Gasteiger charge is 2.30. The molecule has 0 spiro atoms. The van der Waals surface area contributed by atoms with Crippen LogP contribution in [0.2, 0.25) is 0 Å². The zero-order valence-electron chi connectivity index (χ0n) is 15.5. The molecular formula is C19H28N2O3S. The highest BCUT2D eigenvalue weighted by molar-refractivity contribution is 8.14. The molecule has 2 aliphatic heterocycles. The van der Waals surface area contributed by atoms with Gasteiger partial charge in [0.05, 0.1) is 22.9 Å². The van der Waals surface area contributed by atoms with Crippen molar-refractivity contribution in [2.45, 2.75) is 57.4 Å². The van der Waals surface area contributed by atoms with Gasteiger partial charge in [0.2, 0.25) is 0 Å². The summed E-state index contributed by atoms with van der Waals surface area (Å²) in [6, 6.07) is 0.203. The first-order chi connectivity index (χ1) is 11.8. The summed E-state index contributed by atoms with van der Waals surface area (Å²) in [6.07, 6.45) is 8.20. The molecule has 138 valence electrons. The van der Waals surface area contributed by atoms with Gasteiger partial charge in [-0.15, -0.1) is 11.8 Å². The van der Waals surface area contributed by atoms with Crippen molar-refractivity contribution < 1.29 is 14.3 Å². The number of fused-ring (bicyclic) bond motifs is 1. The Labute approximate surface area is 154 Å². The van der Waals surface area contributed by atoms with Crippen LogP contribution in [0.3, 0.4) is 0 Å². The molecule has 1 aliphatic carbocycles. The highest BCUT2D eigenvalue weighted by atomic mass is 32.2. The Bertz CT molecular complexity index is 606. The molecule has 0 saturated carbocycles. The molecule has 1 saturated heterocycles. The van der Waals surface area contributed by atoms with E-state index in [4.69, 9.17) is 9.47 Å². The molecule has 25 heavy (non-hydrogen) atoms. The molecule has 0 N–H and O–H groups in total. The normalized spacial score (nSPS) is 29.0. The fourth-order valence-electron chi connectivity index (χ4n) is 3.28. The summed E-state index contributed by atoms with van der Waals surface area (Å²) in [5.41, 5.74) is -0.452. The molecular weight excluding hydrogens is 336 g/mol. The lowest BCUT2D eigenvalue weighted by atomic mass is 9.99. The van der Waals surface area contributed by atoms with Gasteiger partial charge in [-0.25, -0.2) is 4.79 Å². The van der Waals surface area contributed by atoms with E-state index in [0.717, 1.165) is 30.2 Å². The van der Waals surface area contributed by atoms with Gasteiger partial charge < -0.3 is 14.4 Å². The minimum atomic E-state index is -0.452. The second-order valence-electron chi connectivity index (χ2n) is 7.89. The Morgan fingerprint density at radius 1 is 1.44 bits per heavy atom. The van der Waals surface area contributed by atoms with Gasteiger partial charge >= 0.3 is 6.09 Å². The topological polar surface area (TPSA) is 51.1 Å². The lowest BCUT2D eigenvalue weighted by Gasteiger charge is -2.34. The Hall–Kier alpha value is -1.43. The average Bonchev–Trinajstić information content (AvgIpc) is 2.91. The van der Waals surface area contributed by atoms with Gasteiger partial charge in [-0.05, 0) is 52.7 Å². The zero-order chi connectivity index (χ0) is 18.0. The monoisotopic (exact) mass is 364 g/mol. The minimum Gasteiger partial charge on any atom is -0.494 e. The molecule has 3 atom stereocenters. The number of thioether (sulfide) groups is 1. The number of hydrogen-bond donors (Lipinski definition) is 0. The average molecular weight is 365 g/mol. The molecule has 0 aromatic heterocycles. The number of nitrogens with zero attached hydrogens (tertiary/aromatic N) is 2. The van der Waals surface area contributed by atoms with E-state index in [2.05, 4.69) is 30.1 Å². The highest BCUT2D eigenvalue weighted by Crippen LogP contribution is 2.32. The molecule has 0 unspecified atom stereocenters. The van der Waals surface area contributed by atoms with Crippen LogP contribution in [0.5, 0.6) is 0 Å². The number of rotatable bonds is 3. The van der Waals surface area contributed by atoms with Crippen LogP contribution in [-0.4, -0.2) is 52.6 Å². The van der Waals surface area contributed by atoms with Crippen LogP contribution in [0.1, 0.15) is 40.5 Å². The van der Waals surface area contributed by atoms with Crippen LogP contribution >= 0.6 is 11.8 Å². The van der Waals surface area contributed by atoms with Gasteiger partial charge in [0.25, 0.3) is 0 Å². The van der Waals surface area contributed by atoms with E-state index >= 15 is 0 Å². The molecule has 1 amide bonds. The largest absolute Gasteiger partial charge is 0.494 e. The summed E-state index contributed by atoms with van der Waals surface area (Å²) in [7, 11) is 0. The van der Waals surface area contributed by atoms with Crippen molar-refractivity contribution >= 4 is 22.9 Å². The number of hydrogen-bond acceptors (Lipinski definition) is 5. The Morgan fingerprint density at radius 3 is 3.00 bits per heavy atom. The van der Waals surface area contributed by atoms with Crippen LogP contribution in [0, 0.1) is 5.92 Å². The molecule has 1 fully saturated rings. The van der Waals surface area contributed by atoms with E-state index in [0.29, 0.717) is 24.3 Å². The maximum atomic E-state index is 12.2. The van der Waals surface area contributed by atoms with Crippen LogP contribution in [0.4, 0.5) is 4.79 Å². The van der Waals surface area contributed by atoms with E-state index in [1.807, 2.05) is 37.4 Å². The lowest BCUT2D eigenvalue weighted by molar-refractivity contribution is 0.0119. The van der Waals surface area contributed by atoms with Gasteiger partial charge in [-0.2, -0.15) is 0 Å². The maximum absolute atomic E-state index is 12.2. The first-order valence-corrected chi connectivity index (χ1v) is 9.90. The number of piperidine rings is 1. The van der Waals surface area contributed by atoms with Gasteiger partial charge in [0.1, 0.15) is 11.4 Å². The van der Waals surface area contributed by atoms with E-state index in [9.17, 15) is 4.79 Å². The molecule has 6 heteroatoms. The van der Waals surface area contributed by atoms with Crippen molar-refractivity contribution in [3.05, 3.63) is 24.0 Å². The Kier molecular flexibility index (Phi) is 5.46. The number of ether oxygens (including phenoxy) is 2. The summed E-state index contributed by atoms with van der Waals surface area (Å²) in [4.78, 5) is 18.7. The summed E-state index contributed by atoms with van der Waals surface area (Å²) < 4.78 is 11.5. The first-order valence-electron chi connectivity index (χ1n) is 9.02. The SMILES string of the molecule is CC1=N[C@@H]2C=C(OC[C@H]3CCCN(C(=O)OC(C)(C)C)C3)C=C[C@@H]2S1. The maximum Gasteiger partial charge on any atom is 0.410 e. The number of likely N-dealkylation sites (tertiary alicyclic amines) is 1. The van der Waals surface area contributed by atoms with Gasteiger partial charge in [0.15, 0.2) is 0 Å². The molecule has 0 bridgehead atoms. The third-order valence-corrected chi connectivity index (χ3v) is 5.57. The van der Waals surface area contributed by atoms with Gasteiger partial charge in [-0.1, -0.05) is 6.08 Å². The van der Waals surface area contributed by atoms with Crippen molar-refractivity contribution in [1.29, 1.82) is 0 Å². The van der Waals surface area contributed by atoms with Crippen molar-refractivity contribution in [2.24, 2.45) is 10.9 Å². The fourth-order valence-corrected chi connectivity index (χ4v) is 4.30. The zero-order valence-corrected chi connectivity index (χ0v) is 16.3. The second kappa shape index (κ2) is 7.44. The first kappa shape index (κ1) is 18.4. The molecule has 0 aromatic carbocycles. The smallest absolute Gasteiger partial charge is 0.410 e. The third kappa shape index (κ3) is 5.03. The Balaban J connectivity index is 1.49. The van der Waals surface area contributed by atoms with Crippen molar-refractivity contribution in [3.63, 3.8) is 0 Å². The Morgan fingerprint density at radius 2 is 2.24 bits per heavy atom. The molecule has 3 aliphatic rings. The number of carbonyl (C=O) groups excluding carboxylic acids is 1. The van der Waals surface area contributed by atoms with E-state index in [1.165, 1.54) is 0 Å². The molecule has 5 nitrogen and oxygen atoms in total. The van der Waals surface area contributed by atoms with Crippen LogP contribution in [-0.2, 0) is 9.47 Å². The van der Waals surface area contributed by atoms with Crippen molar-refractivity contribution in [1.82, 2.24) is 4.90 Å². The number of aliphatic imine (C=N–C) groups is 1. The predicted molar refractivity (Wildman–Crippen MR) is 102 cm³/mol. The summed E-state index contributed by atoms with van der Waals surface area (Å²) in [5, 5.41) is 1.56. The molecule has 0 radical (unpaired) electrons. The molecule has 2 heterocycles. The van der Waals surface area contributed by atoms with Crippen molar-refractivity contribution in [3.8, 4) is 0 Å². The lowest BCUT2D eigenvalue weighted by Crippen LogP contribution is -2.43. The van der Waals surface area contributed by atoms with E-state index < -0.39 is 5.60 Å². The summed E-state index contributed by atoms with van der Waals surface area (Å²) in [6.45, 7) is 9.84. The van der Waals surface area contributed by atoms with Crippen LogP contribution < -0.4 is 0 Å².